The molecule has 0 N–H and O–H groups in total. The second-order valence-corrected chi connectivity index (χ2v) is 8.49. The predicted octanol–water partition coefficient (Wildman–Crippen LogP) is 4.72. The van der Waals surface area contributed by atoms with Gasteiger partial charge in [0.1, 0.15) is 5.75 Å². The molecular formula is C23H24N4O3S. The summed E-state index contributed by atoms with van der Waals surface area (Å²) >= 11 is 1.48. The second kappa shape index (κ2) is 8.55. The number of benzene rings is 2. The number of hydrogen-bond donors (Lipinski definition) is 0. The molecule has 0 fully saturated rings. The van der Waals surface area contributed by atoms with Gasteiger partial charge in [0.05, 0.1) is 18.4 Å². The van der Waals surface area contributed by atoms with Crippen LogP contribution in [-0.4, -0.2) is 34.0 Å². The van der Waals surface area contributed by atoms with E-state index in [0.29, 0.717) is 22.5 Å². The van der Waals surface area contributed by atoms with Gasteiger partial charge in [-0.1, -0.05) is 42.4 Å². The van der Waals surface area contributed by atoms with Crippen molar-refractivity contribution in [2.75, 3.05) is 17.8 Å². The number of hydrogen-bond acceptors (Lipinski definition) is 7. The molecule has 0 unspecified atom stereocenters. The highest BCUT2D eigenvalue weighted by Gasteiger charge is 2.37. The molecule has 160 valence electrons. The summed E-state index contributed by atoms with van der Waals surface area (Å²) in [7, 11) is 1.60. The molecule has 1 amide bonds. The van der Waals surface area contributed by atoms with Crippen molar-refractivity contribution in [2.45, 2.75) is 39.1 Å². The smallest absolute Gasteiger partial charge is 0.247 e. The van der Waals surface area contributed by atoms with E-state index in [4.69, 9.17) is 9.47 Å². The monoisotopic (exact) mass is 436 g/mol. The molecule has 0 radical (unpaired) electrons. The quantitative estimate of drug-likeness (QED) is 0.548. The molecule has 0 saturated heterocycles. The van der Waals surface area contributed by atoms with Crippen LogP contribution in [0.4, 0.5) is 5.69 Å². The fourth-order valence-electron chi connectivity index (χ4n) is 3.87. The lowest BCUT2D eigenvalue weighted by molar-refractivity contribution is -0.118. The number of thioether (sulfide) groups is 1. The predicted molar refractivity (Wildman–Crippen MR) is 121 cm³/mol. The molecule has 1 aliphatic heterocycles. The number of methoxy groups -OCH3 is 1. The third-order valence-corrected chi connectivity index (χ3v) is 5.77. The average Bonchev–Trinajstić information content (AvgIpc) is 2.88. The van der Waals surface area contributed by atoms with Crippen LogP contribution in [0.5, 0.6) is 11.6 Å². The Kier molecular flexibility index (Phi) is 5.82. The van der Waals surface area contributed by atoms with E-state index in [1.54, 1.807) is 12.0 Å². The minimum absolute atomic E-state index is 0.159. The van der Waals surface area contributed by atoms with Crippen molar-refractivity contribution in [1.82, 2.24) is 15.2 Å². The number of rotatable bonds is 4. The Morgan fingerprint density at radius 2 is 2.00 bits per heavy atom. The van der Waals surface area contributed by atoms with E-state index in [2.05, 4.69) is 15.2 Å². The highest BCUT2D eigenvalue weighted by molar-refractivity contribution is 7.99. The standard InChI is InChI=1S/C23H24N4O3S/c1-6-31-23-24-21-19(25-26-23)17-12-13(2)11-14(3)20(17)27(15(4)28)22(30-21)16-9-7-8-10-18(16)29-5/h7-12,22H,6H2,1-5H3/t22-/m0/s1. The van der Waals surface area contributed by atoms with Crippen molar-refractivity contribution in [2.24, 2.45) is 0 Å². The Labute approximate surface area is 185 Å². The summed E-state index contributed by atoms with van der Waals surface area (Å²) in [6.45, 7) is 7.55. The largest absolute Gasteiger partial charge is 0.496 e. The van der Waals surface area contributed by atoms with Gasteiger partial charge in [0.15, 0.2) is 5.69 Å². The molecule has 1 aromatic heterocycles. The van der Waals surface area contributed by atoms with Gasteiger partial charge in [-0.2, -0.15) is 4.98 Å². The van der Waals surface area contributed by atoms with E-state index >= 15 is 0 Å². The molecule has 0 spiro atoms. The van der Waals surface area contributed by atoms with Crippen molar-refractivity contribution >= 4 is 23.4 Å². The number of ether oxygens (including phenoxy) is 2. The summed E-state index contributed by atoms with van der Waals surface area (Å²) in [5.74, 6) is 1.62. The van der Waals surface area contributed by atoms with Gasteiger partial charge in [0, 0.05) is 12.5 Å². The summed E-state index contributed by atoms with van der Waals surface area (Å²) in [6, 6.07) is 11.6. The maximum absolute atomic E-state index is 13.0. The van der Waals surface area contributed by atoms with E-state index in [9.17, 15) is 4.79 Å². The molecule has 1 aliphatic rings. The third-order valence-electron chi connectivity index (χ3n) is 5.05. The summed E-state index contributed by atoms with van der Waals surface area (Å²) in [4.78, 5) is 19.3. The van der Waals surface area contributed by atoms with Crippen LogP contribution in [0.25, 0.3) is 11.3 Å². The first-order valence-electron chi connectivity index (χ1n) is 10.0. The van der Waals surface area contributed by atoms with Crippen molar-refractivity contribution in [3.63, 3.8) is 0 Å². The molecule has 1 atom stereocenters. The topological polar surface area (TPSA) is 77.4 Å². The lowest BCUT2D eigenvalue weighted by atomic mass is 10.00. The molecule has 2 heterocycles. The minimum Gasteiger partial charge on any atom is -0.496 e. The number of carbonyl (C=O) groups is 1. The number of fused-ring (bicyclic) bond motifs is 3. The van der Waals surface area contributed by atoms with Gasteiger partial charge in [-0.3, -0.25) is 9.69 Å². The van der Waals surface area contributed by atoms with Crippen LogP contribution in [0, 0.1) is 13.8 Å². The van der Waals surface area contributed by atoms with Crippen LogP contribution < -0.4 is 14.4 Å². The summed E-state index contributed by atoms with van der Waals surface area (Å²) < 4.78 is 12.0. The van der Waals surface area contributed by atoms with Crippen LogP contribution in [0.15, 0.2) is 41.6 Å². The Balaban J connectivity index is 2.04. The van der Waals surface area contributed by atoms with Crippen LogP contribution >= 0.6 is 11.8 Å². The minimum atomic E-state index is -0.772. The Morgan fingerprint density at radius 1 is 1.23 bits per heavy atom. The molecule has 4 rings (SSSR count). The molecule has 3 aromatic rings. The van der Waals surface area contributed by atoms with Crippen molar-refractivity contribution in [3.05, 3.63) is 53.1 Å². The fraction of sp³-hybridized carbons (Fsp3) is 0.304. The molecule has 8 heteroatoms. The van der Waals surface area contributed by atoms with Gasteiger partial charge in [0.25, 0.3) is 0 Å². The van der Waals surface area contributed by atoms with E-state index in [1.165, 1.54) is 18.7 Å². The average molecular weight is 437 g/mol. The van der Waals surface area contributed by atoms with Crippen LogP contribution in [0.3, 0.4) is 0 Å². The molecule has 31 heavy (non-hydrogen) atoms. The van der Waals surface area contributed by atoms with Crippen LogP contribution in [0.2, 0.25) is 0 Å². The second-order valence-electron chi connectivity index (χ2n) is 7.26. The normalized spacial score (nSPS) is 14.9. The number of carbonyl (C=O) groups excluding carboxylic acids is 1. The van der Waals surface area contributed by atoms with Crippen molar-refractivity contribution < 1.29 is 14.3 Å². The highest BCUT2D eigenvalue weighted by Crippen LogP contribution is 2.46. The first-order chi connectivity index (χ1) is 14.9. The number of anilines is 1. The Hall–Kier alpha value is -3.13. The number of nitrogens with zero attached hydrogens (tertiary/aromatic N) is 4. The fourth-order valence-corrected chi connectivity index (χ4v) is 4.37. The van der Waals surface area contributed by atoms with Gasteiger partial charge in [0.2, 0.25) is 23.2 Å². The first kappa shape index (κ1) is 21.1. The SMILES string of the molecule is CCSc1nnc2c(n1)O[C@@H](c1ccccc1OC)N(C(C)=O)c1c(C)cc(C)cc1-2. The van der Waals surface area contributed by atoms with E-state index in [1.807, 2.05) is 57.2 Å². The third kappa shape index (κ3) is 3.83. The zero-order valence-corrected chi connectivity index (χ0v) is 19.0. The Morgan fingerprint density at radius 3 is 2.71 bits per heavy atom. The maximum atomic E-state index is 13.0. The van der Waals surface area contributed by atoms with Crippen LogP contribution in [0.1, 0.15) is 36.8 Å². The lowest BCUT2D eigenvalue weighted by Crippen LogP contribution is -2.36. The summed E-state index contributed by atoms with van der Waals surface area (Å²) in [5.41, 5.74) is 4.74. The number of aromatic nitrogens is 3. The number of amides is 1. The van der Waals surface area contributed by atoms with E-state index < -0.39 is 6.23 Å². The molecular weight excluding hydrogens is 412 g/mol. The molecule has 7 nitrogen and oxygen atoms in total. The Bertz CT molecular complexity index is 1150. The molecule has 0 aliphatic carbocycles. The molecule has 2 aromatic carbocycles. The van der Waals surface area contributed by atoms with E-state index in [0.717, 1.165) is 33.7 Å². The van der Waals surface area contributed by atoms with Gasteiger partial charge in [-0.05, 0) is 43.4 Å². The van der Waals surface area contributed by atoms with E-state index in [-0.39, 0.29) is 5.91 Å². The highest BCUT2D eigenvalue weighted by atomic mass is 32.2. The molecule has 0 bridgehead atoms. The van der Waals surface area contributed by atoms with Crippen molar-refractivity contribution in [3.8, 4) is 22.9 Å². The van der Waals surface area contributed by atoms with Crippen LogP contribution in [-0.2, 0) is 4.79 Å². The lowest BCUT2D eigenvalue weighted by Gasteiger charge is -2.31. The van der Waals surface area contributed by atoms with Gasteiger partial charge >= 0.3 is 0 Å². The number of aryl methyl sites for hydroxylation is 2. The zero-order chi connectivity index (χ0) is 22.1. The van der Waals surface area contributed by atoms with Gasteiger partial charge < -0.3 is 9.47 Å². The maximum Gasteiger partial charge on any atom is 0.247 e. The van der Waals surface area contributed by atoms with Crippen molar-refractivity contribution in [1.29, 1.82) is 0 Å². The molecule has 0 saturated carbocycles. The van der Waals surface area contributed by atoms with Gasteiger partial charge in [-0.25, -0.2) is 0 Å². The zero-order valence-electron chi connectivity index (χ0n) is 18.2. The summed E-state index contributed by atoms with van der Waals surface area (Å²) in [6.07, 6.45) is -0.772. The first-order valence-corrected chi connectivity index (χ1v) is 11.0. The van der Waals surface area contributed by atoms with Gasteiger partial charge in [-0.15, -0.1) is 10.2 Å². The summed E-state index contributed by atoms with van der Waals surface area (Å²) in [5, 5.41) is 9.26. The number of para-hydroxylation sites is 1.